The molecule has 2 saturated carbocycles. The van der Waals surface area contributed by atoms with Gasteiger partial charge in [-0.2, -0.15) is 13.2 Å². The van der Waals surface area contributed by atoms with E-state index in [2.05, 4.69) is 5.32 Å². The van der Waals surface area contributed by atoms with Crippen LogP contribution in [0.4, 0.5) is 17.6 Å². The normalized spacial score (nSPS) is 24.2. The van der Waals surface area contributed by atoms with Crippen LogP contribution in [0.1, 0.15) is 46.8 Å². The number of hydrogen-bond donors (Lipinski definition) is 1. The zero-order valence-corrected chi connectivity index (χ0v) is 20.1. The Balaban J connectivity index is 1.38. The summed E-state index contributed by atoms with van der Waals surface area (Å²) in [6.07, 6.45) is -1.49. The minimum atomic E-state index is -4.68. The summed E-state index contributed by atoms with van der Waals surface area (Å²) in [7, 11) is -3.54. The van der Waals surface area contributed by atoms with Gasteiger partial charge in [0.15, 0.2) is 9.84 Å². The summed E-state index contributed by atoms with van der Waals surface area (Å²) in [5.74, 6) is -2.02. The Morgan fingerprint density at radius 1 is 1.11 bits per heavy atom. The molecule has 2 aromatic rings. The van der Waals surface area contributed by atoms with Crippen LogP contribution in [0.5, 0.6) is 0 Å². The molecule has 0 radical (unpaired) electrons. The van der Waals surface area contributed by atoms with Gasteiger partial charge in [-0.1, -0.05) is 12.1 Å². The van der Waals surface area contributed by atoms with E-state index >= 15 is 0 Å². The third kappa shape index (κ3) is 4.72. The van der Waals surface area contributed by atoms with E-state index in [4.69, 9.17) is 0 Å². The van der Waals surface area contributed by atoms with Crippen LogP contribution < -0.4 is 5.32 Å². The van der Waals surface area contributed by atoms with Gasteiger partial charge in [0.05, 0.1) is 16.5 Å². The summed E-state index contributed by atoms with van der Waals surface area (Å²) in [5.41, 5.74) is -0.971. The van der Waals surface area contributed by atoms with Crippen molar-refractivity contribution in [2.75, 3.05) is 12.8 Å². The predicted octanol–water partition coefficient (Wildman–Crippen LogP) is 3.98. The fourth-order valence-corrected chi connectivity index (χ4v) is 5.78. The summed E-state index contributed by atoms with van der Waals surface area (Å²) in [5, 5.41) is 2.82. The average Bonchev–Trinajstić information content (AvgIpc) is 3.74. The maximum atomic E-state index is 14.7. The number of halogens is 4. The molecule has 192 valence electrons. The lowest BCUT2D eigenvalue weighted by atomic mass is 9.99. The Kier molecular flexibility index (Phi) is 5.89. The molecule has 3 fully saturated rings. The smallest absolute Gasteiger partial charge is 0.347 e. The summed E-state index contributed by atoms with van der Waals surface area (Å²) >= 11 is 0. The van der Waals surface area contributed by atoms with Crippen molar-refractivity contribution in [3.05, 3.63) is 65.0 Å². The third-order valence-electron chi connectivity index (χ3n) is 7.24. The molecule has 2 aromatic carbocycles. The molecule has 5 rings (SSSR count). The largest absolute Gasteiger partial charge is 0.416 e. The SMILES string of the molecule is CS(=O)(=O)c1cccc(C(=O)N2C[C@H]3C[C@H]3[C@@H]2C(=O)NC(c2ccc(C(F)(F)F)cc2F)C2CC2)c1. The van der Waals surface area contributed by atoms with Gasteiger partial charge in [0.25, 0.3) is 5.91 Å². The fourth-order valence-electron chi connectivity index (χ4n) is 5.11. The molecule has 1 unspecified atom stereocenters. The molecule has 1 aliphatic heterocycles. The molecule has 2 aliphatic carbocycles. The molecule has 0 aromatic heterocycles. The number of nitrogens with one attached hydrogen (secondary N) is 1. The van der Waals surface area contributed by atoms with Gasteiger partial charge in [0.2, 0.25) is 5.91 Å². The van der Waals surface area contributed by atoms with Gasteiger partial charge in [-0.05, 0) is 67.3 Å². The van der Waals surface area contributed by atoms with Crippen molar-refractivity contribution < 1.29 is 35.6 Å². The van der Waals surface area contributed by atoms with Crippen LogP contribution in [0, 0.1) is 23.6 Å². The minimum absolute atomic E-state index is 0.00900. The van der Waals surface area contributed by atoms with E-state index in [0.717, 1.165) is 24.8 Å². The number of benzene rings is 2. The highest BCUT2D eigenvalue weighted by atomic mass is 32.2. The summed E-state index contributed by atoms with van der Waals surface area (Å²) in [6.45, 7) is 0.341. The number of fused-ring (bicyclic) bond motifs is 1. The van der Waals surface area contributed by atoms with Crippen LogP contribution in [0.3, 0.4) is 0 Å². The first-order chi connectivity index (χ1) is 16.8. The van der Waals surface area contributed by atoms with E-state index < -0.39 is 51.3 Å². The molecule has 1 N–H and O–H groups in total. The molecule has 6 nitrogen and oxygen atoms in total. The van der Waals surface area contributed by atoms with Gasteiger partial charge in [0, 0.05) is 23.9 Å². The molecule has 4 atom stereocenters. The Labute approximate surface area is 205 Å². The zero-order chi connectivity index (χ0) is 26.0. The molecule has 11 heteroatoms. The molecule has 0 spiro atoms. The molecule has 1 saturated heterocycles. The maximum Gasteiger partial charge on any atom is 0.416 e. The second-order valence-corrected chi connectivity index (χ2v) is 11.9. The Hall–Kier alpha value is -2.95. The Morgan fingerprint density at radius 3 is 2.44 bits per heavy atom. The third-order valence-corrected chi connectivity index (χ3v) is 8.35. The lowest BCUT2D eigenvalue weighted by Crippen LogP contribution is -2.49. The first kappa shape index (κ1) is 24.7. The number of alkyl halides is 3. The first-order valence-electron chi connectivity index (χ1n) is 11.6. The van der Waals surface area contributed by atoms with Crippen LogP contribution in [-0.4, -0.2) is 44.0 Å². The van der Waals surface area contributed by atoms with E-state index in [1.54, 1.807) is 0 Å². The second kappa shape index (κ2) is 8.57. The van der Waals surface area contributed by atoms with Crippen molar-refractivity contribution in [2.45, 2.75) is 42.4 Å². The first-order valence-corrected chi connectivity index (χ1v) is 13.5. The quantitative estimate of drug-likeness (QED) is 0.580. The second-order valence-electron chi connectivity index (χ2n) is 9.92. The van der Waals surface area contributed by atoms with Crippen molar-refractivity contribution >= 4 is 21.7 Å². The highest BCUT2D eigenvalue weighted by Gasteiger charge is 2.57. The van der Waals surface area contributed by atoms with Gasteiger partial charge in [-0.25, -0.2) is 12.8 Å². The van der Waals surface area contributed by atoms with Crippen molar-refractivity contribution in [2.24, 2.45) is 17.8 Å². The highest BCUT2D eigenvalue weighted by molar-refractivity contribution is 7.90. The van der Waals surface area contributed by atoms with Crippen molar-refractivity contribution in [3.63, 3.8) is 0 Å². The number of amides is 2. The molecule has 36 heavy (non-hydrogen) atoms. The molecular formula is C25H24F4N2O4S. The lowest BCUT2D eigenvalue weighted by molar-refractivity contribution is -0.137. The number of piperidine rings is 1. The van der Waals surface area contributed by atoms with Crippen LogP contribution in [0.25, 0.3) is 0 Å². The Bertz CT molecular complexity index is 1340. The number of nitrogens with zero attached hydrogens (tertiary/aromatic N) is 1. The number of sulfone groups is 1. The predicted molar refractivity (Wildman–Crippen MR) is 121 cm³/mol. The lowest BCUT2D eigenvalue weighted by Gasteiger charge is -2.29. The maximum absolute atomic E-state index is 14.7. The number of rotatable bonds is 6. The fraction of sp³-hybridized carbons (Fsp3) is 0.440. The van der Waals surface area contributed by atoms with Gasteiger partial charge in [0.1, 0.15) is 11.9 Å². The van der Waals surface area contributed by atoms with Crippen LogP contribution in [-0.2, 0) is 20.8 Å². The van der Waals surface area contributed by atoms with E-state index in [1.807, 2.05) is 0 Å². The summed E-state index contributed by atoms with van der Waals surface area (Å²) in [6, 6.07) is 6.30. The molecule has 0 bridgehead atoms. The molecule has 1 heterocycles. The van der Waals surface area contributed by atoms with Gasteiger partial charge in [-0.15, -0.1) is 0 Å². The molecule has 3 aliphatic rings. The van der Waals surface area contributed by atoms with Gasteiger partial charge in [-0.3, -0.25) is 9.59 Å². The molecular weight excluding hydrogens is 500 g/mol. The van der Waals surface area contributed by atoms with E-state index in [0.29, 0.717) is 25.5 Å². The number of carbonyl (C=O) groups is 2. The van der Waals surface area contributed by atoms with Crippen molar-refractivity contribution in [3.8, 4) is 0 Å². The van der Waals surface area contributed by atoms with E-state index in [1.165, 1.54) is 29.2 Å². The summed E-state index contributed by atoms with van der Waals surface area (Å²) in [4.78, 5) is 28.1. The average molecular weight is 525 g/mol. The number of carbonyl (C=O) groups excluding carboxylic acids is 2. The standard InChI is InChI=1S/C25H24F4N2O4S/c1-36(34,35)17-4-2-3-14(9-17)24(33)31-12-15-10-19(15)22(31)23(32)30-21(13-5-6-13)18-8-7-16(11-20(18)26)25(27,28)29/h2-4,7-9,11,13,15,19,21-22H,5-6,10,12H2,1H3,(H,30,32)/t15-,19-,21?,22-/m1/s1. The number of hydrogen-bond acceptors (Lipinski definition) is 4. The van der Waals surface area contributed by atoms with Gasteiger partial charge >= 0.3 is 6.18 Å². The van der Waals surface area contributed by atoms with Crippen LogP contribution in [0.15, 0.2) is 47.4 Å². The van der Waals surface area contributed by atoms with E-state index in [-0.39, 0.29) is 33.8 Å². The van der Waals surface area contributed by atoms with Crippen molar-refractivity contribution in [1.82, 2.24) is 10.2 Å². The van der Waals surface area contributed by atoms with Crippen LogP contribution >= 0.6 is 0 Å². The topological polar surface area (TPSA) is 83.6 Å². The monoisotopic (exact) mass is 524 g/mol. The van der Waals surface area contributed by atoms with Gasteiger partial charge < -0.3 is 10.2 Å². The van der Waals surface area contributed by atoms with Crippen molar-refractivity contribution in [1.29, 1.82) is 0 Å². The number of likely N-dealkylation sites (tertiary alicyclic amines) is 1. The van der Waals surface area contributed by atoms with Crippen LogP contribution in [0.2, 0.25) is 0 Å². The Morgan fingerprint density at radius 2 is 1.83 bits per heavy atom. The summed E-state index contributed by atoms with van der Waals surface area (Å²) < 4.78 is 77.5. The van der Waals surface area contributed by atoms with E-state index in [9.17, 15) is 35.6 Å². The highest BCUT2D eigenvalue weighted by Crippen LogP contribution is 2.50. The molecule has 2 amide bonds. The zero-order valence-electron chi connectivity index (χ0n) is 19.3. The minimum Gasteiger partial charge on any atom is -0.347 e.